The highest BCUT2D eigenvalue weighted by molar-refractivity contribution is 7.99. The van der Waals surface area contributed by atoms with Gasteiger partial charge in [-0.1, -0.05) is 6.07 Å². The van der Waals surface area contributed by atoms with Crippen molar-refractivity contribution in [2.45, 2.75) is 11.7 Å². The lowest BCUT2D eigenvalue weighted by Gasteiger charge is -1.90. The van der Waals surface area contributed by atoms with E-state index in [0.717, 1.165) is 23.1 Å². The number of thioether (sulfide) groups is 1. The average molecular weight is 284 g/mol. The van der Waals surface area contributed by atoms with Crippen molar-refractivity contribution in [1.82, 2.24) is 4.57 Å². The van der Waals surface area contributed by atoms with E-state index in [1.54, 1.807) is 11.3 Å². The summed E-state index contributed by atoms with van der Waals surface area (Å²) in [5.74, 6) is 1.14. The van der Waals surface area contributed by atoms with Gasteiger partial charge in [-0.3, -0.25) is 0 Å². The van der Waals surface area contributed by atoms with Crippen molar-refractivity contribution in [3.63, 3.8) is 0 Å². The van der Waals surface area contributed by atoms with Crippen LogP contribution in [0.4, 0.5) is 0 Å². The topological polar surface area (TPSA) is 8.81 Å². The normalized spacial score (nSPS) is 14.7. The monoisotopic (exact) mass is 283 g/mol. The summed E-state index contributed by atoms with van der Waals surface area (Å²) in [7, 11) is 2.02. The van der Waals surface area contributed by atoms with Crippen LogP contribution in [0, 0.1) is 0 Å². The lowest BCUT2D eigenvalue weighted by Crippen LogP contribution is -2.34. The predicted octanol–water partition coefficient (Wildman–Crippen LogP) is 3.30. The second-order valence-corrected chi connectivity index (χ2v) is 6.27. The standard InChI is InChI=1S/C12H12ClN2S2/c1-14-11(13)10(15-6-8-17-12(14)15)5-4-9-3-2-7-16-9/h2-5,7H,6,8H2,1H3/q+1/b5-4-. The number of fused-ring (bicyclic) bond motifs is 1. The SMILES string of the molecule is Cn1c(Cl)c(/C=C\c2cccs2)[n+]2c1SCC2. The molecule has 17 heavy (non-hydrogen) atoms. The molecule has 0 unspecified atom stereocenters. The predicted molar refractivity (Wildman–Crippen MR) is 74.6 cm³/mol. The first kappa shape index (κ1) is 11.4. The quantitative estimate of drug-likeness (QED) is 0.768. The Labute approximate surface area is 114 Å². The summed E-state index contributed by atoms with van der Waals surface area (Å²) >= 11 is 9.95. The van der Waals surface area contributed by atoms with Crippen molar-refractivity contribution >= 4 is 46.9 Å². The Balaban J connectivity index is 2.01. The first-order valence-corrected chi connectivity index (χ1v) is 7.64. The summed E-state index contributed by atoms with van der Waals surface area (Å²) in [6.07, 6.45) is 4.24. The van der Waals surface area contributed by atoms with Crippen LogP contribution < -0.4 is 4.57 Å². The Morgan fingerprint density at radius 1 is 1.47 bits per heavy atom. The molecule has 3 rings (SSSR count). The maximum absolute atomic E-state index is 6.35. The molecule has 2 aromatic heterocycles. The zero-order valence-electron chi connectivity index (χ0n) is 9.39. The van der Waals surface area contributed by atoms with Crippen molar-refractivity contribution in [3.05, 3.63) is 33.2 Å². The zero-order chi connectivity index (χ0) is 11.8. The van der Waals surface area contributed by atoms with Crippen molar-refractivity contribution < 1.29 is 4.57 Å². The van der Waals surface area contributed by atoms with Gasteiger partial charge in [-0.05, 0) is 47.0 Å². The van der Waals surface area contributed by atoms with Gasteiger partial charge in [-0.15, -0.1) is 11.3 Å². The maximum atomic E-state index is 6.35. The number of thiophene rings is 1. The summed E-state index contributed by atoms with van der Waals surface area (Å²) in [6.45, 7) is 1.05. The van der Waals surface area contributed by atoms with Crippen molar-refractivity contribution in [2.24, 2.45) is 7.05 Å². The lowest BCUT2D eigenvalue weighted by atomic mass is 10.3. The summed E-state index contributed by atoms with van der Waals surface area (Å²) in [5, 5.41) is 4.15. The van der Waals surface area contributed by atoms with Crippen LogP contribution in [-0.2, 0) is 13.6 Å². The fourth-order valence-electron chi connectivity index (χ4n) is 1.98. The van der Waals surface area contributed by atoms with Crippen LogP contribution in [0.2, 0.25) is 5.15 Å². The van der Waals surface area contributed by atoms with E-state index in [0.29, 0.717) is 0 Å². The number of rotatable bonds is 2. The van der Waals surface area contributed by atoms with E-state index < -0.39 is 0 Å². The smallest absolute Gasteiger partial charge is 0.216 e. The Hall–Kier alpha value is -0.710. The van der Waals surface area contributed by atoms with Gasteiger partial charge >= 0.3 is 5.16 Å². The fraction of sp³-hybridized carbons (Fsp3) is 0.250. The molecule has 0 spiro atoms. The van der Waals surface area contributed by atoms with Crippen LogP contribution >= 0.6 is 34.7 Å². The van der Waals surface area contributed by atoms with Gasteiger partial charge in [0.05, 0.1) is 7.05 Å². The van der Waals surface area contributed by atoms with Gasteiger partial charge in [0.15, 0.2) is 5.69 Å². The molecular formula is C12H12ClN2S2+. The molecule has 5 heteroatoms. The largest absolute Gasteiger partial charge is 0.319 e. The molecule has 2 nitrogen and oxygen atoms in total. The molecule has 0 saturated heterocycles. The number of imidazole rings is 1. The molecule has 0 fully saturated rings. The van der Waals surface area contributed by atoms with Gasteiger partial charge in [0.1, 0.15) is 6.54 Å². The van der Waals surface area contributed by atoms with Crippen molar-refractivity contribution in [1.29, 1.82) is 0 Å². The molecule has 88 valence electrons. The zero-order valence-corrected chi connectivity index (χ0v) is 11.8. The van der Waals surface area contributed by atoms with Crippen LogP contribution in [-0.4, -0.2) is 10.3 Å². The fourth-order valence-corrected chi connectivity index (χ4v) is 3.98. The van der Waals surface area contributed by atoms with E-state index in [9.17, 15) is 0 Å². The van der Waals surface area contributed by atoms with Gasteiger partial charge in [0.25, 0.3) is 0 Å². The van der Waals surface area contributed by atoms with Crippen LogP contribution in [0.1, 0.15) is 10.6 Å². The molecular weight excluding hydrogens is 272 g/mol. The molecule has 0 bridgehead atoms. The number of hydrogen-bond acceptors (Lipinski definition) is 2. The number of aromatic nitrogens is 2. The summed E-state index contributed by atoms with van der Waals surface area (Å²) in [6, 6.07) is 4.17. The van der Waals surface area contributed by atoms with E-state index in [1.165, 1.54) is 10.0 Å². The minimum absolute atomic E-state index is 0.819. The average Bonchev–Trinajstić information content (AvgIpc) is 3.00. The third-order valence-corrected chi connectivity index (χ3v) is 5.23. The minimum Gasteiger partial charge on any atom is -0.216 e. The molecule has 0 saturated carbocycles. The van der Waals surface area contributed by atoms with Gasteiger partial charge in [0.2, 0.25) is 5.15 Å². The maximum Gasteiger partial charge on any atom is 0.319 e. The van der Waals surface area contributed by atoms with Gasteiger partial charge in [-0.25, -0.2) is 9.13 Å². The second-order valence-electron chi connectivity index (χ2n) is 3.87. The molecule has 0 aliphatic carbocycles. The van der Waals surface area contributed by atoms with E-state index in [-0.39, 0.29) is 0 Å². The van der Waals surface area contributed by atoms with E-state index in [2.05, 4.69) is 38.8 Å². The first-order valence-electron chi connectivity index (χ1n) is 5.40. The summed E-state index contributed by atoms with van der Waals surface area (Å²) < 4.78 is 4.35. The Kier molecular flexibility index (Phi) is 3.03. The van der Waals surface area contributed by atoms with Crippen molar-refractivity contribution in [3.8, 4) is 0 Å². The molecule has 0 radical (unpaired) electrons. The van der Waals surface area contributed by atoms with E-state index >= 15 is 0 Å². The molecule has 3 heterocycles. The highest BCUT2D eigenvalue weighted by Gasteiger charge is 2.30. The first-order chi connectivity index (χ1) is 8.27. The second kappa shape index (κ2) is 4.52. The molecule has 1 aliphatic rings. The van der Waals surface area contributed by atoms with E-state index in [4.69, 9.17) is 11.6 Å². The van der Waals surface area contributed by atoms with E-state index in [1.807, 2.05) is 18.8 Å². The van der Waals surface area contributed by atoms with Crippen LogP contribution in [0.3, 0.4) is 0 Å². The molecule has 0 atom stereocenters. The lowest BCUT2D eigenvalue weighted by molar-refractivity contribution is -0.725. The summed E-state index contributed by atoms with van der Waals surface area (Å²) in [5.41, 5.74) is 1.11. The van der Waals surface area contributed by atoms with Gasteiger partial charge in [-0.2, -0.15) is 0 Å². The Morgan fingerprint density at radius 2 is 2.35 bits per heavy atom. The molecule has 0 N–H and O–H groups in total. The highest BCUT2D eigenvalue weighted by Crippen LogP contribution is 2.27. The Bertz CT molecular complexity index is 570. The molecule has 2 aromatic rings. The van der Waals surface area contributed by atoms with Crippen LogP contribution in [0.25, 0.3) is 12.2 Å². The molecule has 0 amide bonds. The number of halogens is 1. The molecule has 1 aliphatic heterocycles. The highest BCUT2D eigenvalue weighted by atomic mass is 35.5. The third kappa shape index (κ3) is 1.94. The van der Waals surface area contributed by atoms with Gasteiger partial charge < -0.3 is 0 Å². The third-order valence-electron chi connectivity index (χ3n) is 2.81. The van der Waals surface area contributed by atoms with Crippen LogP contribution in [0.15, 0.2) is 22.7 Å². The molecule has 0 aromatic carbocycles. The van der Waals surface area contributed by atoms with Gasteiger partial charge in [0, 0.05) is 10.6 Å². The Morgan fingerprint density at radius 3 is 3.12 bits per heavy atom. The minimum atomic E-state index is 0.819. The number of nitrogens with zero attached hydrogens (tertiary/aromatic N) is 2. The van der Waals surface area contributed by atoms with Crippen molar-refractivity contribution in [2.75, 3.05) is 5.75 Å². The summed E-state index contributed by atoms with van der Waals surface area (Å²) in [4.78, 5) is 1.25. The number of hydrogen-bond donors (Lipinski definition) is 0. The van der Waals surface area contributed by atoms with Crippen LogP contribution in [0.5, 0.6) is 0 Å².